The van der Waals surface area contributed by atoms with Crippen molar-refractivity contribution in [3.05, 3.63) is 60.1 Å². The molecule has 1 fully saturated rings. The summed E-state index contributed by atoms with van der Waals surface area (Å²) in [4.78, 5) is 38.9. The fraction of sp³-hybridized carbons (Fsp3) is 0.393. The molecule has 0 aliphatic carbocycles. The van der Waals surface area contributed by atoms with E-state index in [1.165, 1.54) is 19.2 Å². The molecule has 2 aromatic carbocycles. The lowest BCUT2D eigenvalue weighted by Gasteiger charge is -2.23. The number of benzene rings is 2. The maximum atomic E-state index is 14.2. The lowest BCUT2D eigenvalue weighted by molar-refractivity contribution is -0.129. The summed E-state index contributed by atoms with van der Waals surface area (Å²) in [6.07, 6.45) is 0.752. The molecule has 12 heteroatoms. The predicted molar refractivity (Wildman–Crippen MR) is 145 cm³/mol. The van der Waals surface area contributed by atoms with Gasteiger partial charge in [0.1, 0.15) is 16.8 Å². The summed E-state index contributed by atoms with van der Waals surface area (Å²) in [5, 5.41) is 6.05. The van der Waals surface area contributed by atoms with E-state index < -0.39 is 57.0 Å². The van der Waals surface area contributed by atoms with Crippen LogP contribution in [0, 0.1) is 11.7 Å². The van der Waals surface area contributed by atoms with Crippen molar-refractivity contribution >= 4 is 38.6 Å². The number of hydrogen-bond acceptors (Lipinski definition) is 7. The van der Waals surface area contributed by atoms with Gasteiger partial charge in [-0.2, -0.15) is 4.31 Å². The van der Waals surface area contributed by atoms with Gasteiger partial charge in [-0.1, -0.05) is 38.1 Å². The third-order valence-electron chi connectivity index (χ3n) is 6.67. The average molecular weight is 574 g/mol. The Balaban J connectivity index is 1.46. The number of nitrogens with one attached hydrogen (secondary N) is 2. The van der Waals surface area contributed by atoms with E-state index in [4.69, 9.17) is 9.15 Å². The number of sulfonamides is 1. The first-order chi connectivity index (χ1) is 19.0. The molecule has 0 spiro atoms. The maximum absolute atomic E-state index is 14.2. The van der Waals surface area contributed by atoms with E-state index in [9.17, 15) is 27.2 Å². The zero-order chi connectivity index (χ0) is 29.0. The molecule has 1 aliphatic heterocycles. The Bertz CT molecular complexity index is 1520. The zero-order valence-corrected chi connectivity index (χ0v) is 23.3. The molecule has 1 unspecified atom stereocenters. The lowest BCUT2D eigenvalue weighted by Crippen LogP contribution is -2.52. The topological polar surface area (TPSA) is 135 Å². The van der Waals surface area contributed by atoms with E-state index in [1.807, 2.05) is 13.8 Å². The molecule has 0 saturated carbocycles. The summed E-state index contributed by atoms with van der Waals surface area (Å²) in [7, 11) is -2.76. The summed E-state index contributed by atoms with van der Waals surface area (Å²) in [5.74, 6) is -2.11. The minimum atomic E-state index is -4.25. The highest BCUT2D eigenvalue weighted by molar-refractivity contribution is 7.89. The minimum Gasteiger partial charge on any atom is -0.493 e. The number of rotatable bonds is 9. The molecule has 3 aromatic rings. The van der Waals surface area contributed by atoms with E-state index in [0.717, 1.165) is 16.4 Å². The molecule has 4 rings (SSSR count). The quantitative estimate of drug-likeness (QED) is 0.401. The molecule has 10 nitrogen and oxygen atoms in total. The smallest absolute Gasteiger partial charge is 0.287 e. The number of nitrogens with zero attached hydrogens (tertiary/aromatic N) is 1. The van der Waals surface area contributed by atoms with Gasteiger partial charge in [0.15, 0.2) is 22.9 Å². The Labute approximate surface area is 231 Å². The van der Waals surface area contributed by atoms with Crippen molar-refractivity contribution in [3.8, 4) is 5.75 Å². The molecule has 1 saturated heterocycles. The van der Waals surface area contributed by atoms with Gasteiger partial charge in [-0.05, 0) is 49.4 Å². The molecular formula is C28H32FN3O7S. The Morgan fingerprint density at radius 2 is 1.93 bits per heavy atom. The number of methoxy groups -OCH3 is 1. The van der Waals surface area contributed by atoms with E-state index in [2.05, 4.69) is 10.6 Å². The number of para-hydroxylation sites is 1. The van der Waals surface area contributed by atoms with Crippen LogP contribution in [0.1, 0.15) is 43.7 Å². The van der Waals surface area contributed by atoms with Crippen molar-refractivity contribution < 1.29 is 36.3 Å². The van der Waals surface area contributed by atoms with Crippen LogP contribution < -0.4 is 15.4 Å². The van der Waals surface area contributed by atoms with Crippen LogP contribution in [0.5, 0.6) is 5.75 Å². The molecule has 1 aromatic heterocycles. The van der Waals surface area contributed by atoms with Crippen molar-refractivity contribution in [1.29, 1.82) is 0 Å². The van der Waals surface area contributed by atoms with Crippen LogP contribution in [0.2, 0.25) is 0 Å². The van der Waals surface area contributed by atoms with Crippen LogP contribution in [0.25, 0.3) is 11.0 Å². The second-order valence-electron chi connectivity index (χ2n) is 10.1. The number of furan rings is 1. The highest BCUT2D eigenvalue weighted by atomic mass is 32.2. The number of fused-ring (bicyclic) bond motifs is 1. The highest BCUT2D eigenvalue weighted by Crippen LogP contribution is 2.28. The largest absolute Gasteiger partial charge is 0.493 e. The number of ketones is 1. The first-order valence-electron chi connectivity index (χ1n) is 13.0. The SMILES string of the molecule is COc1cccc2cc(C(=O)N[C@@H](CC(C)C)C(=O)NC3CCCN(S(=O)(=O)c4ccccc4F)CC3=O)oc12. The number of ether oxygens (including phenoxy) is 1. The summed E-state index contributed by atoms with van der Waals surface area (Å²) in [6.45, 7) is 3.27. The van der Waals surface area contributed by atoms with Crippen molar-refractivity contribution in [2.24, 2.45) is 5.92 Å². The third-order valence-corrected chi connectivity index (χ3v) is 8.55. The molecule has 0 bridgehead atoms. The van der Waals surface area contributed by atoms with E-state index >= 15 is 0 Å². The van der Waals surface area contributed by atoms with Crippen molar-refractivity contribution in [1.82, 2.24) is 14.9 Å². The molecule has 1 aliphatic rings. The molecule has 2 amide bonds. The van der Waals surface area contributed by atoms with Crippen LogP contribution in [-0.4, -0.2) is 62.6 Å². The number of carbonyl (C=O) groups excluding carboxylic acids is 3. The number of Topliss-reactive ketones (excluding diaryl/α,β-unsaturated/α-hetero) is 1. The van der Waals surface area contributed by atoms with Gasteiger partial charge in [0.2, 0.25) is 15.9 Å². The molecule has 214 valence electrons. The minimum absolute atomic E-state index is 0.000548. The summed E-state index contributed by atoms with van der Waals surface area (Å²) < 4.78 is 52.1. The Hall–Kier alpha value is -3.77. The van der Waals surface area contributed by atoms with Crippen LogP contribution >= 0.6 is 0 Å². The molecule has 2 heterocycles. The number of halogens is 1. The first kappa shape index (κ1) is 29.2. The lowest BCUT2D eigenvalue weighted by atomic mass is 10.0. The summed E-state index contributed by atoms with van der Waals surface area (Å²) >= 11 is 0. The molecular weight excluding hydrogens is 541 g/mol. The maximum Gasteiger partial charge on any atom is 0.287 e. The van der Waals surface area contributed by atoms with Crippen LogP contribution in [-0.2, 0) is 19.6 Å². The van der Waals surface area contributed by atoms with E-state index in [0.29, 0.717) is 16.7 Å². The van der Waals surface area contributed by atoms with Crippen LogP contribution in [0.4, 0.5) is 4.39 Å². The Morgan fingerprint density at radius 3 is 2.62 bits per heavy atom. The number of carbonyl (C=O) groups is 3. The van der Waals surface area contributed by atoms with Gasteiger partial charge in [0, 0.05) is 11.9 Å². The molecule has 0 radical (unpaired) electrons. The van der Waals surface area contributed by atoms with Crippen LogP contribution in [0.3, 0.4) is 0 Å². The van der Waals surface area contributed by atoms with Gasteiger partial charge in [-0.15, -0.1) is 0 Å². The zero-order valence-electron chi connectivity index (χ0n) is 22.5. The Morgan fingerprint density at radius 1 is 1.18 bits per heavy atom. The molecule has 2 atom stereocenters. The van der Waals surface area contributed by atoms with Crippen molar-refractivity contribution in [2.75, 3.05) is 20.2 Å². The van der Waals surface area contributed by atoms with Crippen molar-refractivity contribution in [3.63, 3.8) is 0 Å². The van der Waals surface area contributed by atoms with E-state index in [-0.39, 0.29) is 37.5 Å². The monoisotopic (exact) mass is 573 g/mol. The van der Waals surface area contributed by atoms with E-state index in [1.54, 1.807) is 24.3 Å². The second kappa shape index (κ2) is 12.2. The fourth-order valence-corrected chi connectivity index (χ4v) is 6.17. The third kappa shape index (κ3) is 6.34. The van der Waals surface area contributed by atoms with Gasteiger partial charge in [0.05, 0.1) is 19.7 Å². The summed E-state index contributed by atoms with van der Waals surface area (Å²) in [5.41, 5.74) is 0.402. The fourth-order valence-electron chi connectivity index (χ4n) is 4.66. The normalized spacial score (nSPS) is 17.4. The van der Waals surface area contributed by atoms with Crippen molar-refractivity contribution in [2.45, 2.75) is 50.1 Å². The molecule has 2 N–H and O–H groups in total. The highest BCUT2D eigenvalue weighted by Gasteiger charge is 2.35. The first-order valence-corrected chi connectivity index (χ1v) is 14.4. The average Bonchev–Trinajstić information content (AvgIpc) is 3.27. The van der Waals surface area contributed by atoms with Gasteiger partial charge >= 0.3 is 0 Å². The van der Waals surface area contributed by atoms with Gasteiger partial charge in [0.25, 0.3) is 5.91 Å². The predicted octanol–water partition coefficient (Wildman–Crippen LogP) is 3.26. The van der Waals surface area contributed by atoms with Crippen LogP contribution in [0.15, 0.2) is 57.8 Å². The van der Waals surface area contributed by atoms with Gasteiger partial charge in [-0.3, -0.25) is 14.4 Å². The molecule has 40 heavy (non-hydrogen) atoms. The standard InChI is InChI=1S/C28H32FN3O7S/c1-17(2)14-21(31-28(35)24-15-18-8-6-11-23(38-3)26(18)39-24)27(34)30-20-10-7-13-32(16-22(20)33)40(36,37)25-12-5-4-9-19(25)29/h4-6,8-9,11-12,15,17,20-21H,7,10,13-14,16H2,1-3H3,(H,30,34)(H,31,35)/t20?,21-/m0/s1. The number of hydrogen-bond donors (Lipinski definition) is 2. The van der Waals surface area contributed by atoms with Gasteiger partial charge < -0.3 is 19.8 Å². The van der Waals surface area contributed by atoms with Gasteiger partial charge in [-0.25, -0.2) is 12.8 Å². The second-order valence-corrected chi connectivity index (χ2v) is 12.0. The Kier molecular flexibility index (Phi) is 8.89. The number of amides is 2. The summed E-state index contributed by atoms with van der Waals surface area (Å²) in [6, 6.07) is 9.83.